The van der Waals surface area contributed by atoms with Gasteiger partial charge in [-0.1, -0.05) is 6.07 Å². The second-order valence-corrected chi connectivity index (χ2v) is 4.19. The van der Waals surface area contributed by atoms with Crippen LogP contribution in [0.3, 0.4) is 0 Å². The van der Waals surface area contributed by atoms with E-state index in [2.05, 4.69) is 26.7 Å². The van der Waals surface area contributed by atoms with Gasteiger partial charge in [0.25, 0.3) is 0 Å². The highest BCUT2D eigenvalue weighted by Crippen LogP contribution is 2.15. The first-order chi connectivity index (χ1) is 7.25. The molecule has 0 saturated carbocycles. The standard InChI is InChI=1S/C11H13N3S/c1-14(7-9-5-6-15-8-9)11-4-2-3-10(12)13-11/h2-6,8H,7H2,1H3,(H2,12,13). The zero-order valence-electron chi connectivity index (χ0n) is 8.55. The average molecular weight is 219 g/mol. The number of hydrogen-bond acceptors (Lipinski definition) is 4. The topological polar surface area (TPSA) is 42.1 Å². The van der Waals surface area contributed by atoms with Crippen molar-refractivity contribution in [3.8, 4) is 0 Å². The molecule has 2 heterocycles. The molecule has 0 unspecified atom stereocenters. The minimum Gasteiger partial charge on any atom is -0.384 e. The summed E-state index contributed by atoms with van der Waals surface area (Å²) in [6.07, 6.45) is 0. The highest BCUT2D eigenvalue weighted by atomic mass is 32.1. The lowest BCUT2D eigenvalue weighted by Gasteiger charge is -2.17. The molecule has 15 heavy (non-hydrogen) atoms. The molecule has 0 aliphatic carbocycles. The van der Waals surface area contributed by atoms with Crippen LogP contribution in [0.15, 0.2) is 35.0 Å². The summed E-state index contributed by atoms with van der Waals surface area (Å²) in [4.78, 5) is 6.34. The lowest BCUT2D eigenvalue weighted by molar-refractivity contribution is 0.903. The second-order valence-electron chi connectivity index (χ2n) is 3.41. The van der Waals surface area contributed by atoms with Gasteiger partial charge in [0.15, 0.2) is 0 Å². The van der Waals surface area contributed by atoms with Gasteiger partial charge in [0.2, 0.25) is 0 Å². The quantitative estimate of drug-likeness (QED) is 0.861. The summed E-state index contributed by atoms with van der Waals surface area (Å²) in [7, 11) is 2.01. The lowest BCUT2D eigenvalue weighted by atomic mass is 10.3. The molecule has 0 aromatic carbocycles. The van der Waals surface area contributed by atoms with Gasteiger partial charge < -0.3 is 10.6 Å². The van der Waals surface area contributed by atoms with E-state index < -0.39 is 0 Å². The van der Waals surface area contributed by atoms with E-state index in [4.69, 9.17) is 5.73 Å². The molecule has 0 saturated heterocycles. The van der Waals surface area contributed by atoms with Crippen molar-refractivity contribution in [2.45, 2.75) is 6.54 Å². The number of hydrogen-bond donors (Lipinski definition) is 1. The molecule has 0 atom stereocenters. The van der Waals surface area contributed by atoms with E-state index in [1.807, 2.05) is 19.2 Å². The summed E-state index contributed by atoms with van der Waals surface area (Å²) >= 11 is 1.71. The first-order valence-corrected chi connectivity index (χ1v) is 5.65. The Balaban J connectivity index is 2.11. The van der Waals surface area contributed by atoms with E-state index in [0.717, 1.165) is 12.4 Å². The summed E-state index contributed by atoms with van der Waals surface area (Å²) in [6, 6.07) is 7.79. The van der Waals surface area contributed by atoms with Crippen molar-refractivity contribution in [3.63, 3.8) is 0 Å². The molecule has 78 valence electrons. The zero-order chi connectivity index (χ0) is 10.7. The van der Waals surface area contributed by atoms with Gasteiger partial charge in [-0.2, -0.15) is 11.3 Å². The first-order valence-electron chi connectivity index (χ1n) is 4.70. The maximum atomic E-state index is 5.63. The van der Waals surface area contributed by atoms with Crippen LogP contribution in [0.25, 0.3) is 0 Å². The average Bonchev–Trinajstić information content (AvgIpc) is 2.70. The third-order valence-electron chi connectivity index (χ3n) is 2.15. The summed E-state index contributed by atoms with van der Waals surface area (Å²) in [6.45, 7) is 0.861. The normalized spacial score (nSPS) is 10.2. The van der Waals surface area contributed by atoms with Crippen LogP contribution in [0.2, 0.25) is 0 Å². The summed E-state index contributed by atoms with van der Waals surface area (Å²) < 4.78 is 0. The van der Waals surface area contributed by atoms with Crippen LogP contribution in [0.1, 0.15) is 5.56 Å². The van der Waals surface area contributed by atoms with Gasteiger partial charge in [0.05, 0.1) is 0 Å². The molecule has 4 heteroatoms. The molecule has 2 rings (SSSR count). The van der Waals surface area contributed by atoms with Gasteiger partial charge >= 0.3 is 0 Å². The molecule has 2 aromatic rings. The SMILES string of the molecule is CN(Cc1ccsc1)c1cccc(N)n1. The van der Waals surface area contributed by atoms with Crippen LogP contribution in [-0.4, -0.2) is 12.0 Å². The highest BCUT2D eigenvalue weighted by molar-refractivity contribution is 7.07. The third-order valence-corrected chi connectivity index (χ3v) is 2.88. The number of nitrogen functional groups attached to an aromatic ring is 1. The molecule has 2 N–H and O–H groups in total. The molecule has 2 aromatic heterocycles. The van der Waals surface area contributed by atoms with Crippen LogP contribution in [0.5, 0.6) is 0 Å². The van der Waals surface area contributed by atoms with Crippen LogP contribution in [0, 0.1) is 0 Å². The third kappa shape index (κ3) is 2.47. The molecule has 3 nitrogen and oxygen atoms in total. The lowest BCUT2D eigenvalue weighted by Crippen LogP contribution is -2.17. The number of aromatic nitrogens is 1. The van der Waals surface area contributed by atoms with Crippen molar-refractivity contribution in [3.05, 3.63) is 40.6 Å². The van der Waals surface area contributed by atoms with Gasteiger partial charge in [0, 0.05) is 13.6 Å². The Bertz CT molecular complexity index is 425. The molecule has 0 amide bonds. The monoisotopic (exact) mass is 219 g/mol. The van der Waals surface area contributed by atoms with Crippen LogP contribution < -0.4 is 10.6 Å². The van der Waals surface area contributed by atoms with Crippen LogP contribution in [0.4, 0.5) is 11.6 Å². The Hall–Kier alpha value is -1.55. The molecule has 0 radical (unpaired) electrons. The van der Waals surface area contributed by atoms with Gasteiger partial charge in [0.1, 0.15) is 11.6 Å². The molecular formula is C11H13N3S. The Kier molecular flexibility index (Phi) is 2.87. The van der Waals surface area contributed by atoms with Crippen LogP contribution in [-0.2, 0) is 6.54 Å². The van der Waals surface area contributed by atoms with E-state index in [1.165, 1.54) is 5.56 Å². The van der Waals surface area contributed by atoms with Crippen molar-refractivity contribution in [1.82, 2.24) is 4.98 Å². The molecule has 0 bridgehead atoms. The number of rotatable bonds is 3. The number of pyridine rings is 1. The van der Waals surface area contributed by atoms with Crippen molar-refractivity contribution in [1.29, 1.82) is 0 Å². The van der Waals surface area contributed by atoms with Crippen molar-refractivity contribution >= 4 is 23.0 Å². The maximum absolute atomic E-state index is 5.63. The summed E-state index contributed by atoms with van der Waals surface area (Å²) in [5, 5.41) is 4.22. The van der Waals surface area contributed by atoms with Gasteiger partial charge in [-0.05, 0) is 34.5 Å². The van der Waals surface area contributed by atoms with Crippen molar-refractivity contribution in [2.24, 2.45) is 0 Å². The van der Waals surface area contributed by atoms with Crippen molar-refractivity contribution in [2.75, 3.05) is 17.7 Å². The minimum atomic E-state index is 0.560. The number of nitrogens with two attached hydrogens (primary N) is 1. The Morgan fingerprint density at radius 3 is 2.93 bits per heavy atom. The highest BCUT2D eigenvalue weighted by Gasteiger charge is 2.03. The van der Waals surface area contributed by atoms with E-state index in [9.17, 15) is 0 Å². The summed E-state index contributed by atoms with van der Waals surface area (Å²) in [5.74, 6) is 1.46. The zero-order valence-corrected chi connectivity index (χ0v) is 9.37. The van der Waals surface area contributed by atoms with Crippen molar-refractivity contribution < 1.29 is 0 Å². The molecule has 0 fully saturated rings. The number of thiophene rings is 1. The van der Waals surface area contributed by atoms with E-state index in [-0.39, 0.29) is 0 Å². The minimum absolute atomic E-state index is 0.560. The Labute approximate surface area is 93.2 Å². The molecule has 0 aliphatic rings. The predicted molar refractivity (Wildman–Crippen MR) is 65.1 cm³/mol. The summed E-state index contributed by atoms with van der Waals surface area (Å²) in [5.41, 5.74) is 6.93. The number of nitrogens with zero attached hydrogens (tertiary/aromatic N) is 2. The maximum Gasteiger partial charge on any atom is 0.130 e. The van der Waals surface area contributed by atoms with Gasteiger partial charge in [-0.15, -0.1) is 0 Å². The molecule has 0 aliphatic heterocycles. The molecular weight excluding hydrogens is 206 g/mol. The second kappa shape index (κ2) is 4.31. The first kappa shape index (κ1) is 9.98. The Morgan fingerprint density at radius 2 is 2.27 bits per heavy atom. The van der Waals surface area contributed by atoms with Crippen LogP contribution >= 0.6 is 11.3 Å². The van der Waals surface area contributed by atoms with Gasteiger partial charge in [-0.25, -0.2) is 4.98 Å². The Morgan fingerprint density at radius 1 is 1.40 bits per heavy atom. The smallest absolute Gasteiger partial charge is 0.130 e. The number of anilines is 2. The molecule has 0 spiro atoms. The van der Waals surface area contributed by atoms with Gasteiger partial charge in [-0.3, -0.25) is 0 Å². The van der Waals surface area contributed by atoms with E-state index >= 15 is 0 Å². The fourth-order valence-electron chi connectivity index (χ4n) is 1.39. The fraction of sp³-hybridized carbons (Fsp3) is 0.182. The van der Waals surface area contributed by atoms with E-state index in [0.29, 0.717) is 5.82 Å². The fourth-order valence-corrected chi connectivity index (χ4v) is 2.05. The van der Waals surface area contributed by atoms with E-state index in [1.54, 1.807) is 17.4 Å². The predicted octanol–water partition coefficient (Wildman–Crippen LogP) is 2.36. The largest absolute Gasteiger partial charge is 0.384 e.